The van der Waals surface area contributed by atoms with Gasteiger partial charge >= 0.3 is 5.97 Å². The molecule has 7 nitrogen and oxygen atoms in total. The van der Waals surface area contributed by atoms with Gasteiger partial charge in [0.15, 0.2) is 0 Å². The molecule has 0 heterocycles. The molecule has 0 aliphatic heterocycles. The fourth-order valence-corrected chi connectivity index (χ4v) is 2.00. The highest BCUT2D eigenvalue weighted by atomic mass is 32.2. The topological polar surface area (TPSA) is 127 Å². The molecule has 0 bridgehead atoms. The van der Waals surface area contributed by atoms with Gasteiger partial charge in [0.1, 0.15) is 0 Å². The number of primary sulfonamides is 1. The fraction of sp³-hybridized carbons (Fsp3) is 0.231. The summed E-state index contributed by atoms with van der Waals surface area (Å²) in [7, 11) is -3.71. The average Bonchev–Trinajstić information content (AvgIpc) is 2.38. The molecule has 1 aromatic rings. The zero-order chi connectivity index (χ0) is 16.0. The van der Waals surface area contributed by atoms with E-state index in [9.17, 15) is 18.0 Å². The highest BCUT2D eigenvalue weighted by Crippen LogP contribution is 2.08. The van der Waals surface area contributed by atoms with E-state index in [1.54, 1.807) is 12.1 Å². The Morgan fingerprint density at radius 2 is 1.86 bits per heavy atom. The first-order chi connectivity index (χ1) is 9.70. The van der Waals surface area contributed by atoms with Crippen molar-refractivity contribution in [2.45, 2.75) is 18.2 Å². The first kappa shape index (κ1) is 16.9. The number of amides is 1. The molecule has 0 atom stereocenters. The van der Waals surface area contributed by atoms with Crippen LogP contribution in [0.2, 0.25) is 0 Å². The highest BCUT2D eigenvalue weighted by Gasteiger charge is 2.07. The minimum absolute atomic E-state index is 0.0234. The van der Waals surface area contributed by atoms with Gasteiger partial charge in [-0.3, -0.25) is 4.79 Å². The van der Waals surface area contributed by atoms with Gasteiger partial charge in [-0.1, -0.05) is 12.1 Å². The Bertz CT molecular complexity index is 662. The van der Waals surface area contributed by atoms with Crippen LogP contribution < -0.4 is 10.5 Å². The lowest BCUT2D eigenvalue weighted by molar-refractivity contribution is -0.133. The standard InChI is InChI=1S/C13H16N2O5S/c1-9(13(17)18)8-12(16)15-7-6-10-2-4-11(5-3-10)21(14,19)20/h2-5,8H,6-7H2,1H3,(H,15,16)(H,17,18)(H2,14,19,20). The summed E-state index contributed by atoms with van der Waals surface area (Å²) in [5.74, 6) is -1.64. The molecule has 0 aromatic heterocycles. The van der Waals surface area contributed by atoms with E-state index in [0.717, 1.165) is 11.6 Å². The SMILES string of the molecule is CC(=CC(=O)NCCc1ccc(S(N)(=O)=O)cc1)C(=O)O. The maximum Gasteiger partial charge on any atom is 0.331 e. The summed E-state index contributed by atoms with van der Waals surface area (Å²) < 4.78 is 22.1. The summed E-state index contributed by atoms with van der Waals surface area (Å²) in [6, 6.07) is 5.98. The lowest BCUT2D eigenvalue weighted by atomic mass is 10.1. The third kappa shape index (κ3) is 5.76. The second kappa shape index (κ2) is 7.00. The van der Waals surface area contributed by atoms with E-state index >= 15 is 0 Å². The van der Waals surface area contributed by atoms with Crippen molar-refractivity contribution in [1.29, 1.82) is 0 Å². The van der Waals surface area contributed by atoms with Gasteiger partial charge in [-0.25, -0.2) is 18.4 Å². The Kier molecular flexibility index (Phi) is 5.62. The number of nitrogens with one attached hydrogen (secondary N) is 1. The number of carboxylic acids is 1. The number of aliphatic carboxylic acids is 1. The van der Waals surface area contributed by atoms with Crippen LogP contribution in [0.4, 0.5) is 0 Å². The summed E-state index contributed by atoms with van der Waals surface area (Å²) in [6.45, 7) is 1.63. The van der Waals surface area contributed by atoms with Gasteiger partial charge in [0, 0.05) is 18.2 Å². The maximum absolute atomic E-state index is 11.4. The molecule has 0 fully saturated rings. The monoisotopic (exact) mass is 312 g/mol. The van der Waals surface area contributed by atoms with E-state index in [1.165, 1.54) is 19.1 Å². The van der Waals surface area contributed by atoms with Crippen LogP contribution in [0.1, 0.15) is 12.5 Å². The molecule has 4 N–H and O–H groups in total. The third-order valence-corrected chi connectivity index (χ3v) is 3.58. The van der Waals surface area contributed by atoms with Crippen molar-refractivity contribution in [3.63, 3.8) is 0 Å². The van der Waals surface area contributed by atoms with Crippen LogP contribution in [0.3, 0.4) is 0 Å². The van der Waals surface area contributed by atoms with Crippen LogP contribution >= 0.6 is 0 Å². The molecule has 1 amide bonds. The number of carboxylic acid groups (broad SMARTS) is 1. The first-order valence-electron chi connectivity index (χ1n) is 6.01. The van der Waals surface area contributed by atoms with Crippen molar-refractivity contribution >= 4 is 21.9 Å². The van der Waals surface area contributed by atoms with Gasteiger partial charge in [-0.15, -0.1) is 0 Å². The fourth-order valence-electron chi connectivity index (χ4n) is 1.49. The van der Waals surface area contributed by atoms with Crippen molar-refractivity contribution in [2.75, 3.05) is 6.54 Å². The molecule has 8 heteroatoms. The predicted molar refractivity (Wildman–Crippen MR) is 75.9 cm³/mol. The minimum atomic E-state index is -3.71. The molecule has 1 aromatic carbocycles. The van der Waals surface area contributed by atoms with Gasteiger partial charge in [0.25, 0.3) is 0 Å². The third-order valence-electron chi connectivity index (χ3n) is 2.65. The summed E-state index contributed by atoms with van der Waals surface area (Å²) in [5, 5.41) is 16.1. The normalized spacial score (nSPS) is 12.0. The minimum Gasteiger partial charge on any atom is -0.478 e. The largest absolute Gasteiger partial charge is 0.478 e. The van der Waals surface area contributed by atoms with Gasteiger partial charge in [0.2, 0.25) is 15.9 Å². The van der Waals surface area contributed by atoms with E-state index in [2.05, 4.69) is 5.32 Å². The van der Waals surface area contributed by atoms with E-state index in [0.29, 0.717) is 13.0 Å². The van der Waals surface area contributed by atoms with Gasteiger partial charge < -0.3 is 10.4 Å². The molecule has 21 heavy (non-hydrogen) atoms. The maximum atomic E-state index is 11.4. The zero-order valence-electron chi connectivity index (χ0n) is 11.4. The van der Waals surface area contributed by atoms with Gasteiger partial charge in [-0.2, -0.15) is 0 Å². The van der Waals surface area contributed by atoms with Crippen LogP contribution in [0.5, 0.6) is 0 Å². The number of hydrogen-bond donors (Lipinski definition) is 3. The Hall–Kier alpha value is -2.19. The Balaban J connectivity index is 2.52. The van der Waals surface area contributed by atoms with E-state index in [1.807, 2.05) is 0 Å². The smallest absolute Gasteiger partial charge is 0.331 e. The number of carbonyl (C=O) groups is 2. The molecular formula is C13H16N2O5S. The predicted octanol–water partition coefficient (Wildman–Crippen LogP) is 0.0236. The van der Waals surface area contributed by atoms with Crippen molar-refractivity contribution in [3.8, 4) is 0 Å². The lowest BCUT2D eigenvalue weighted by Crippen LogP contribution is -2.24. The summed E-state index contributed by atoms with van der Waals surface area (Å²) >= 11 is 0. The van der Waals surface area contributed by atoms with Crippen LogP contribution in [-0.4, -0.2) is 31.9 Å². The van der Waals surface area contributed by atoms with E-state index in [-0.39, 0.29) is 10.5 Å². The Morgan fingerprint density at radius 1 is 1.29 bits per heavy atom. The Morgan fingerprint density at radius 3 is 2.33 bits per heavy atom. The Labute approximate surface area is 122 Å². The van der Waals surface area contributed by atoms with Crippen molar-refractivity contribution in [2.24, 2.45) is 5.14 Å². The summed E-state index contributed by atoms with van der Waals surface area (Å²) in [4.78, 5) is 21.9. The second-order valence-corrected chi connectivity index (χ2v) is 5.92. The van der Waals surface area contributed by atoms with E-state index < -0.39 is 21.9 Å². The number of nitrogens with two attached hydrogens (primary N) is 1. The molecule has 0 aliphatic carbocycles. The average molecular weight is 312 g/mol. The number of sulfonamides is 1. The highest BCUT2D eigenvalue weighted by molar-refractivity contribution is 7.89. The van der Waals surface area contributed by atoms with Crippen molar-refractivity contribution in [1.82, 2.24) is 5.32 Å². The molecule has 0 spiro atoms. The number of rotatable bonds is 6. The molecule has 0 radical (unpaired) electrons. The van der Waals surface area contributed by atoms with Gasteiger partial charge in [-0.05, 0) is 31.0 Å². The van der Waals surface area contributed by atoms with Crippen LogP contribution in [0.15, 0.2) is 40.8 Å². The van der Waals surface area contributed by atoms with Crippen LogP contribution in [0, 0.1) is 0 Å². The number of benzene rings is 1. The first-order valence-corrected chi connectivity index (χ1v) is 7.56. The molecule has 114 valence electrons. The van der Waals surface area contributed by atoms with E-state index in [4.69, 9.17) is 10.2 Å². The van der Waals surface area contributed by atoms with Crippen LogP contribution in [0.25, 0.3) is 0 Å². The molecule has 0 saturated carbocycles. The molecule has 1 rings (SSSR count). The molecule has 0 aliphatic rings. The van der Waals surface area contributed by atoms with Gasteiger partial charge in [0.05, 0.1) is 4.90 Å². The zero-order valence-corrected chi connectivity index (χ0v) is 12.2. The second-order valence-electron chi connectivity index (χ2n) is 4.36. The lowest BCUT2D eigenvalue weighted by Gasteiger charge is -2.04. The number of hydrogen-bond acceptors (Lipinski definition) is 4. The summed E-state index contributed by atoms with van der Waals surface area (Å²) in [5.41, 5.74) is 0.770. The summed E-state index contributed by atoms with van der Waals surface area (Å²) in [6.07, 6.45) is 1.49. The molecular weight excluding hydrogens is 296 g/mol. The molecule has 0 saturated heterocycles. The molecule has 0 unspecified atom stereocenters. The quantitative estimate of drug-likeness (QED) is 0.638. The van der Waals surface area contributed by atoms with Crippen molar-refractivity contribution in [3.05, 3.63) is 41.5 Å². The number of carbonyl (C=O) groups excluding carboxylic acids is 1. The van der Waals surface area contributed by atoms with Crippen LogP contribution in [-0.2, 0) is 26.0 Å². The van der Waals surface area contributed by atoms with Crippen molar-refractivity contribution < 1.29 is 23.1 Å².